The first-order valence-electron chi connectivity index (χ1n) is 10.2. The van der Waals surface area contributed by atoms with Crippen LogP contribution in [0.2, 0.25) is 0 Å². The molecule has 1 aliphatic carbocycles. The van der Waals surface area contributed by atoms with Crippen molar-refractivity contribution in [2.24, 2.45) is 0 Å². The first-order valence-corrected chi connectivity index (χ1v) is 10.2. The Bertz CT molecular complexity index is 1010. The SMILES string of the molecule is CC/C=C(\C(F)=C/C/C1=C/CCC/C=C\C1)c1nc(-c2cccc(C(=O)O)c2)no1. The standard InChI is InChI=1S/C24H25FN2O3/c1-2-9-20(21(25)15-14-17-10-6-4-3-5-7-11-17)23-26-22(27-30-23)18-12-8-13-19(16-18)24(28)29/h4,6,8-9,11-13,15-16H,2-3,5,7,10,14H2,1H3,(H,28,29)/b6-4-,17-11+,20-9+,21-15+. The van der Waals surface area contributed by atoms with Crippen molar-refractivity contribution in [3.8, 4) is 11.4 Å². The summed E-state index contributed by atoms with van der Waals surface area (Å²) in [6, 6.07) is 6.23. The van der Waals surface area contributed by atoms with Gasteiger partial charge >= 0.3 is 5.97 Å². The molecule has 0 saturated carbocycles. The highest BCUT2D eigenvalue weighted by Gasteiger charge is 2.17. The molecule has 0 saturated heterocycles. The fraction of sp³-hybridized carbons (Fsp3) is 0.292. The minimum absolute atomic E-state index is 0.0767. The summed E-state index contributed by atoms with van der Waals surface area (Å²) in [5.41, 5.74) is 2.06. The molecule has 0 aliphatic heterocycles. The van der Waals surface area contributed by atoms with Gasteiger partial charge in [0.2, 0.25) is 5.82 Å². The Morgan fingerprint density at radius 1 is 1.27 bits per heavy atom. The first kappa shape index (κ1) is 21.4. The van der Waals surface area contributed by atoms with Gasteiger partial charge in [0.05, 0.1) is 11.1 Å². The van der Waals surface area contributed by atoms with Crippen LogP contribution in [0.3, 0.4) is 0 Å². The van der Waals surface area contributed by atoms with Gasteiger partial charge in [-0.25, -0.2) is 9.18 Å². The van der Waals surface area contributed by atoms with Crippen LogP contribution in [0, 0.1) is 0 Å². The van der Waals surface area contributed by atoms with Gasteiger partial charge in [0.1, 0.15) is 5.83 Å². The molecule has 0 spiro atoms. The molecule has 0 radical (unpaired) electrons. The van der Waals surface area contributed by atoms with Crippen molar-refractivity contribution in [2.75, 3.05) is 0 Å². The number of benzene rings is 1. The van der Waals surface area contributed by atoms with Crippen LogP contribution in [0.1, 0.15) is 61.7 Å². The monoisotopic (exact) mass is 408 g/mol. The van der Waals surface area contributed by atoms with Crippen molar-refractivity contribution < 1.29 is 18.8 Å². The fourth-order valence-corrected chi connectivity index (χ4v) is 3.21. The first-order chi connectivity index (χ1) is 14.6. The predicted octanol–water partition coefficient (Wildman–Crippen LogP) is 6.53. The van der Waals surface area contributed by atoms with Crippen LogP contribution in [0.4, 0.5) is 4.39 Å². The topological polar surface area (TPSA) is 76.2 Å². The summed E-state index contributed by atoms with van der Waals surface area (Å²) in [7, 11) is 0. The number of rotatable bonds is 7. The number of carboxylic acid groups (broad SMARTS) is 1. The van der Waals surface area contributed by atoms with Gasteiger partial charge in [-0.1, -0.05) is 54.1 Å². The van der Waals surface area contributed by atoms with Gasteiger partial charge in [0, 0.05) is 5.56 Å². The van der Waals surface area contributed by atoms with Gasteiger partial charge in [0.15, 0.2) is 0 Å². The summed E-state index contributed by atoms with van der Waals surface area (Å²) < 4.78 is 20.3. The molecule has 0 bridgehead atoms. The molecule has 2 aromatic rings. The number of hydrogen-bond donors (Lipinski definition) is 1. The zero-order valence-electron chi connectivity index (χ0n) is 17.0. The van der Waals surface area contributed by atoms with Crippen LogP contribution in [0.15, 0.2) is 70.6 Å². The smallest absolute Gasteiger partial charge is 0.335 e. The number of nitrogens with zero attached hydrogens (tertiary/aromatic N) is 2. The van der Waals surface area contributed by atoms with E-state index >= 15 is 4.39 Å². The molecular weight excluding hydrogens is 383 g/mol. The highest BCUT2D eigenvalue weighted by Crippen LogP contribution is 2.28. The maximum Gasteiger partial charge on any atom is 0.335 e. The van der Waals surface area contributed by atoms with Gasteiger partial charge in [-0.3, -0.25) is 0 Å². The van der Waals surface area contributed by atoms with E-state index in [1.807, 2.05) is 6.92 Å². The summed E-state index contributed by atoms with van der Waals surface area (Å²) in [6.45, 7) is 1.91. The van der Waals surface area contributed by atoms with Crippen molar-refractivity contribution in [2.45, 2.75) is 45.4 Å². The number of carbonyl (C=O) groups is 1. The predicted molar refractivity (Wildman–Crippen MR) is 114 cm³/mol. The maximum atomic E-state index is 15.0. The van der Waals surface area contributed by atoms with Crippen LogP contribution < -0.4 is 0 Å². The van der Waals surface area contributed by atoms with Crippen LogP contribution >= 0.6 is 0 Å². The van der Waals surface area contributed by atoms with Crippen LogP contribution in [0.5, 0.6) is 0 Å². The summed E-state index contributed by atoms with van der Waals surface area (Å²) in [4.78, 5) is 15.5. The van der Waals surface area contributed by atoms with Crippen LogP contribution in [-0.2, 0) is 0 Å². The summed E-state index contributed by atoms with van der Waals surface area (Å²) in [6.07, 6.45) is 14.9. The van der Waals surface area contributed by atoms with E-state index in [0.717, 1.165) is 25.7 Å². The number of halogens is 1. The third-order valence-electron chi connectivity index (χ3n) is 4.79. The van der Waals surface area contributed by atoms with Crippen molar-refractivity contribution in [1.82, 2.24) is 10.1 Å². The average molecular weight is 408 g/mol. The van der Waals surface area contributed by atoms with E-state index in [0.29, 0.717) is 18.4 Å². The largest absolute Gasteiger partial charge is 0.478 e. The molecule has 1 aromatic heterocycles. The molecule has 156 valence electrons. The van der Waals surface area contributed by atoms with Crippen molar-refractivity contribution >= 4 is 11.5 Å². The summed E-state index contributed by atoms with van der Waals surface area (Å²) in [5.74, 6) is -1.15. The number of hydrogen-bond acceptors (Lipinski definition) is 4. The second-order valence-electron chi connectivity index (χ2n) is 7.06. The molecule has 0 fully saturated rings. The Hall–Kier alpha value is -3.28. The highest BCUT2D eigenvalue weighted by atomic mass is 19.1. The molecule has 6 heteroatoms. The van der Waals surface area contributed by atoms with Crippen LogP contribution in [0.25, 0.3) is 17.0 Å². The van der Waals surface area contributed by atoms with Gasteiger partial charge in [-0.15, -0.1) is 0 Å². The van der Waals surface area contributed by atoms with E-state index in [4.69, 9.17) is 9.63 Å². The Kier molecular flexibility index (Phi) is 7.49. The van der Waals surface area contributed by atoms with E-state index < -0.39 is 11.8 Å². The third kappa shape index (κ3) is 5.63. The van der Waals surface area contributed by atoms with Crippen LogP contribution in [-0.4, -0.2) is 21.2 Å². The molecule has 0 amide bonds. The zero-order valence-corrected chi connectivity index (χ0v) is 17.0. The van der Waals surface area contributed by atoms with E-state index in [1.54, 1.807) is 24.3 Å². The molecule has 1 aliphatic rings. The fourth-order valence-electron chi connectivity index (χ4n) is 3.21. The molecule has 1 N–H and O–H groups in total. The van der Waals surface area contributed by atoms with E-state index in [-0.39, 0.29) is 22.9 Å². The lowest BCUT2D eigenvalue weighted by atomic mass is 10.0. The molecule has 1 aromatic carbocycles. The quantitative estimate of drug-likeness (QED) is 0.416. The van der Waals surface area contributed by atoms with Gasteiger partial charge in [-0.2, -0.15) is 4.98 Å². The Morgan fingerprint density at radius 3 is 2.93 bits per heavy atom. The Morgan fingerprint density at radius 2 is 2.13 bits per heavy atom. The molecule has 0 unspecified atom stereocenters. The van der Waals surface area contributed by atoms with Gasteiger partial charge in [0.25, 0.3) is 5.89 Å². The number of aromatic carboxylic acids is 1. The lowest BCUT2D eigenvalue weighted by Gasteiger charge is -2.06. The van der Waals surface area contributed by atoms with Crippen molar-refractivity contribution in [3.05, 3.63) is 77.5 Å². The lowest BCUT2D eigenvalue weighted by molar-refractivity contribution is 0.0697. The second-order valence-corrected chi connectivity index (χ2v) is 7.06. The summed E-state index contributed by atoms with van der Waals surface area (Å²) in [5, 5.41) is 13.1. The normalized spacial score (nSPS) is 18.3. The minimum Gasteiger partial charge on any atom is -0.478 e. The van der Waals surface area contributed by atoms with E-state index in [9.17, 15) is 4.79 Å². The Balaban J connectivity index is 1.81. The highest BCUT2D eigenvalue weighted by molar-refractivity contribution is 5.89. The maximum absolute atomic E-state index is 15.0. The lowest BCUT2D eigenvalue weighted by Crippen LogP contribution is -1.96. The van der Waals surface area contributed by atoms with Crippen molar-refractivity contribution in [1.29, 1.82) is 0 Å². The molecule has 5 nitrogen and oxygen atoms in total. The Labute approximate surface area is 175 Å². The summed E-state index contributed by atoms with van der Waals surface area (Å²) >= 11 is 0. The third-order valence-corrected chi connectivity index (χ3v) is 4.79. The molecular formula is C24H25FN2O3. The minimum atomic E-state index is -1.04. The number of aromatic nitrogens is 2. The number of allylic oxidation sites excluding steroid dienone is 8. The van der Waals surface area contributed by atoms with Gasteiger partial charge < -0.3 is 9.63 Å². The van der Waals surface area contributed by atoms with Gasteiger partial charge in [-0.05, 0) is 56.7 Å². The molecule has 3 rings (SSSR count). The second kappa shape index (κ2) is 10.5. The molecule has 30 heavy (non-hydrogen) atoms. The average Bonchev–Trinajstić information content (AvgIpc) is 3.21. The molecule has 1 heterocycles. The zero-order chi connectivity index (χ0) is 21.3. The number of carboxylic acids is 1. The van der Waals surface area contributed by atoms with E-state index in [2.05, 4.69) is 28.4 Å². The molecule has 0 atom stereocenters. The van der Waals surface area contributed by atoms with E-state index in [1.165, 1.54) is 17.7 Å². The van der Waals surface area contributed by atoms with Crippen molar-refractivity contribution in [3.63, 3.8) is 0 Å².